The van der Waals surface area contributed by atoms with Crippen molar-refractivity contribution in [3.63, 3.8) is 0 Å². The van der Waals surface area contributed by atoms with Crippen LogP contribution < -0.4 is 0 Å². The van der Waals surface area contributed by atoms with Gasteiger partial charge in [0.05, 0.1) is 22.6 Å². The zero-order valence-corrected chi connectivity index (χ0v) is 12.0. The number of carboxylic acid groups (broad SMARTS) is 1. The fourth-order valence-electron chi connectivity index (χ4n) is 2.33. The van der Waals surface area contributed by atoms with Gasteiger partial charge in [-0.3, -0.25) is 4.79 Å². The first-order chi connectivity index (χ1) is 9.77. The van der Waals surface area contributed by atoms with E-state index in [2.05, 4.69) is 0 Å². The van der Waals surface area contributed by atoms with Crippen molar-refractivity contribution in [1.29, 1.82) is 5.26 Å². The molecule has 0 bridgehead atoms. The van der Waals surface area contributed by atoms with Crippen LogP contribution in [0.4, 0.5) is 0 Å². The molecule has 0 spiro atoms. The third-order valence-corrected chi connectivity index (χ3v) is 5.31. The average Bonchev–Trinajstić information content (AvgIpc) is 2.81. The van der Waals surface area contributed by atoms with Gasteiger partial charge in [0.25, 0.3) is 0 Å². The van der Waals surface area contributed by atoms with E-state index in [1.165, 1.54) is 18.2 Å². The van der Waals surface area contributed by atoms with Crippen molar-refractivity contribution in [2.75, 3.05) is 6.54 Å². The number of carbonyl (C=O) groups is 1. The Labute approximate surface area is 122 Å². The van der Waals surface area contributed by atoms with Gasteiger partial charge in [-0.05, 0) is 30.7 Å². The number of rotatable bonds is 3. The molecule has 21 heavy (non-hydrogen) atoms. The molecule has 1 fully saturated rings. The molecular formula is C13H14N2O5S. The van der Waals surface area contributed by atoms with Gasteiger partial charge in [0.15, 0.2) is 0 Å². The lowest BCUT2D eigenvalue weighted by Crippen LogP contribution is -2.40. The van der Waals surface area contributed by atoms with E-state index in [1.54, 1.807) is 6.92 Å². The number of benzene rings is 1. The summed E-state index contributed by atoms with van der Waals surface area (Å²) >= 11 is 0. The number of aliphatic hydroxyl groups is 1. The maximum atomic E-state index is 12.5. The van der Waals surface area contributed by atoms with E-state index < -0.39 is 28.1 Å². The Hall–Kier alpha value is -1.95. The Morgan fingerprint density at radius 1 is 1.48 bits per heavy atom. The van der Waals surface area contributed by atoms with Crippen molar-refractivity contribution in [3.8, 4) is 6.07 Å². The summed E-state index contributed by atoms with van der Waals surface area (Å²) < 4.78 is 25.8. The quantitative estimate of drug-likeness (QED) is 0.816. The zero-order valence-electron chi connectivity index (χ0n) is 11.2. The molecule has 0 radical (unpaired) electrons. The van der Waals surface area contributed by atoms with E-state index in [1.807, 2.05) is 6.07 Å². The molecule has 0 aliphatic carbocycles. The lowest BCUT2D eigenvalue weighted by atomic mass is 10.1. The van der Waals surface area contributed by atoms with Crippen LogP contribution in [0.2, 0.25) is 0 Å². The van der Waals surface area contributed by atoms with Crippen LogP contribution in [0.25, 0.3) is 0 Å². The molecule has 2 atom stereocenters. The number of β-amino-alcohol motifs (C(OH)–C–C–N with tert-alkyl or cyclic N) is 1. The zero-order chi connectivity index (χ0) is 15.8. The van der Waals surface area contributed by atoms with Crippen LogP contribution in [0.3, 0.4) is 0 Å². The van der Waals surface area contributed by atoms with E-state index in [0.717, 1.165) is 4.31 Å². The number of hydrogen-bond donors (Lipinski definition) is 2. The predicted octanol–water partition coefficient (Wildman–Crippen LogP) is 0.0752. The normalized spacial score (nSPS) is 22.9. The Morgan fingerprint density at radius 2 is 2.14 bits per heavy atom. The molecule has 1 aromatic carbocycles. The second-order valence-electron chi connectivity index (χ2n) is 4.91. The minimum absolute atomic E-state index is 0.0839. The lowest BCUT2D eigenvalue weighted by molar-refractivity contribution is -0.140. The first-order valence-corrected chi connectivity index (χ1v) is 7.65. The van der Waals surface area contributed by atoms with Gasteiger partial charge in [-0.1, -0.05) is 0 Å². The molecular weight excluding hydrogens is 296 g/mol. The minimum Gasteiger partial charge on any atom is -0.480 e. The molecule has 1 saturated heterocycles. The molecule has 0 amide bonds. The number of aliphatic carboxylic acids is 1. The summed E-state index contributed by atoms with van der Waals surface area (Å²) in [7, 11) is -4.03. The fourth-order valence-corrected chi connectivity index (χ4v) is 4.05. The van der Waals surface area contributed by atoms with Gasteiger partial charge in [-0.2, -0.15) is 9.57 Å². The first kappa shape index (κ1) is 15.4. The Bertz CT molecular complexity index is 723. The highest BCUT2D eigenvalue weighted by Crippen LogP contribution is 2.27. The number of hydrogen-bond acceptors (Lipinski definition) is 5. The van der Waals surface area contributed by atoms with E-state index >= 15 is 0 Å². The largest absolute Gasteiger partial charge is 0.480 e. The predicted molar refractivity (Wildman–Crippen MR) is 71.8 cm³/mol. The van der Waals surface area contributed by atoms with Gasteiger partial charge >= 0.3 is 5.97 Å². The van der Waals surface area contributed by atoms with Crippen LogP contribution in [0, 0.1) is 18.3 Å². The van der Waals surface area contributed by atoms with E-state index in [4.69, 9.17) is 10.4 Å². The van der Waals surface area contributed by atoms with Crippen molar-refractivity contribution in [2.45, 2.75) is 30.4 Å². The molecule has 1 aliphatic rings. The topological polar surface area (TPSA) is 119 Å². The summed E-state index contributed by atoms with van der Waals surface area (Å²) in [5, 5.41) is 27.5. The van der Waals surface area contributed by atoms with Crippen molar-refractivity contribution in [1.82, 2.24) is 4.31 Å². The SMILES string of the molecule is Cc1cc(S(=O)(=O)N2CC(O)CC2C(=O)O)ccc1C#N. The summed E-state index contributed by atoms with van der Waals surface area (Å²) in [6.07, 6.45) is -1.13. The molecule has 2 unspecified atom stereocenters. The molecule has 112 valence electrons. The molecule has 1 aliphatic heterocycles. The maximum Gasteiger partial charge on any atom is 0.322 e. The van der Waals surface area contributed by atoms with Crippen molar-refractivity contribution >= 4 is 16.0 Å². The van der Waals surface area contributed by atoms with Gasteiger partial charge in [0, 0.05) is 13.0 Å². The van der Waals surface area contributed by atoms with Crippen LogP contribution in [-0.4, -0.2) is 47.6 Å². The van der Waals surface area contributed by atoms with Gasteiger partial charge < -0.3 is 10.2 Å². The minimum atomic E-state index is -4.03. The summed E-state index contributed by atoms with van der Waals surface area (Å²) in [4.78, 5) is 11.1. The fraction of sp³-hybridized carbons (Fsp3) is 0.385. The molecule has 2 N–H and O–H groups in total. The number of nitrogens with zero attached hydrogens (tertiary/aromatic N) is 2. The lowest BCUT2D eigenvalue weighted by Gasteiger charge is -2.21. The summed E-state index contributed by atoms with van der Waals surface area (Å²) in [5.74, 6) is -1.29. The van der Waals surface area contributed by atoms with Gasteiger partial charge in [-0.25, -0.2) is 8.42 Å². The van der Waals surface area contributed by atoms with Crippen LogP contribution in [0.5, 0.6) is 0 Å². The van der Waals surface area contributed by atoms with E-state index in [9.17, 15) is 18.3 Å². The number of aryl methyl sites for hydroxylation is 1. The summed E-state index contributed by atoms with van der Waals surface area (Å²) in [6.45, 7) is 1.35. The summed E-state index contributed by atoms with van der Waals surface area (Å²) in [5.41, 5.74) is 0.843. The highest BCUT2D eigenvalue weighted by atomic mass is 32.2. The van der Waals surface area contributed by atoms with E-state index in [0.29, 0.717) is 11.1 Å². The second-order valence-corrected chi connectivity index (χ2v) is 6.80. The monoisotopic (exact) mass is 310 g/mol. The number of carboxylic acids is 1. The second kappa shape index (κ2) is 5.44. The van der Waals surface area contributed by atoms with Gasteiger partial charge in [0.1, 0.15) is 6.04 Å². The van der Waals surface area contributed by atoms with Crippen LogP contribution in [-0.2, 0) is 14.8 Å². The maximum absolute atomic E-state index is 12.5. The molecule has 7 nitrogen and oxygen atoms in total. The number of sulfonamides is 1. The summed E-state index contributed by atoms with van der Waals surface area (Å²) in [6, 6.07) is 4.64. The van der Waals surface area contributed by atoms with Gasteiger partial charge in [-0.15, -0.1) is 0 Å². The van der Waals surface area contributed by atoms with Crippen LogP contribution >= 0.6 is 0 Å². The standard InChI is InChI=1S/C13H14N2O5S/c1-8-4-11(3-2-9(8)6-14)21(19,20)15-7-10(16)5-12(15)13(17)18/h2-4,10,12,16H,5,7H2,1H3,(H,17,18). The Kier molecular flexibility index (Phi) is 4.00. The van der Waals surface area contributed by atoms with Crippen molar-refractivity contribution < 1.29 is 23.4 Å². The molecule has 1 heterocycles. The molecule has 2 rings (SSSR count). The highest BCUT2D eigenvalue weighted by molar-refractivity contribution is 7.89. The number of aliphatic hydroxyl groups excluding tert-OH is 1. The third kappa shape index (κ3) is 2.76. The van der Waals surface area contributed by atoms with E-state index in [-0.39, 0.29) is 17.9 Å². The van der Waals surface area contributed by atoms with Crippen LogP contribution in [0.15, 0.2) is 23.1 Å². The van der Waals surface area contributed by atoms with Crippen molar-refractivity contribution in [2.24, 2.45) is 0 Å². The van der Waals surface area contributed by atoms with Gasteiger partial charge in [0.2, 0.25) is 10.0 Å². The average molecular weight is 310 g/mol. The number of nitriles is 1. The Morgan fingerprint density at radius 3 is 2.67 bits per heavy atom. The molecule has 8 heteroatoms. The molecule has 0 saturated carbocycles. The first-order valence-electron chi connectivity index (χ1n) is 6.21. The molecule has 0 aromatic heterocycles. The highest BCUT2D eigenvalue weighted by Gasteiger charge is 2.43. The van der Waals surface area contributed by atoms with Crippen LogP contribution in [0.1, 0.15) is 17.5 Å². The van der Waals surface area contributed by atoms with Crippen molar-refractivity contribution in [3.05, 3.63) is 29.3 Å². The third-order valence-electron chi connectivity index (χ3n) is 3.44. The molecule has 1 aromatic rings. The Balaban J connectivity index is 2.45. The smallest absolute Gasteiger partial charge is 0.322 e.